The van der Waals surface area contributed by atoms with Crippen molar-refractivity contribution >= 4 is 23.3 Å². The number of carbonyl (C=O) groups excluding carboxylic acids is 2. The summed E-state index contributed by atoms with van der Waals surface area (Å²) in [6.45, 7) is 2.56. The van der Waals surface area contributed by atoms with Crippen LogP contribution >= 0.6 is 11.3 Å². The Bertz CT molecular complexity index is 1090. The van der Waals surface area contributed by atoms with E-state index in [1.165, 1.54) is 0 Å². The fourth-order valence-electron chi connectivity index (χ4n) is 4.47. The molecule has 2 bridgehead atoms. The Kier molecular flexibility index (Phi) is 8.94. The first kappa shape index (κ1) is 25.7. The van der Waals surface area contributed by atoms with E-state index >= 15 is 0 Å². The Morgan fingerprint density at radius 1 is 0.722 bits per heavy atom. The topological polar surface area (TPSA) is 108 Å². The van der Waals surface area contributed by atoms with Crippen LogP contribution in [0.4, 0.5) is 0 Å². The molecule has 1 aliphatic rings. The molecule has 1 aliphatic heterocycles. The van der Waals surface area contributed by atoms with Crippen LogP contribution in [0.15, 0.2) is 60.7 Å². The van der Waals surface area contributed by atoms with E-state index in [1.807, 2.05) is 60.7 Å². The lowest BCUT2D eigenvalue weighted by atomic mass is 10.1. The Hall–Kier alpha value is -3.40. The molecule has 0 aliphatic carbocycles. The van der Waals surface area contributed by atoms with Crippen LogP contribution in [0.25, 0.3) is 0 Å². The Labute approximate surface area is 214 Å². The summed E-state index contributed by atoms with van der Waals surface area (Å²) in [4.78, 5) is 26.7. The van der Waals surface area contributed by atoms with Gasteiger partial charge in [-0.2, -0.15) is 0 Å². The number of rotatable bonds is 4. The van der Waals surface area contributed by atoms with Crippen molar-refractivity contribution in [1.29, 1.82) is 0 Å². The lowest BCUT2D eigenvalue weighted by Crippen LogP contribution is -3.15. The first-order chi connectivity index (χ1) is 17.5. The van der Waals surface area contributed by atoms with Crippen molar-refractivity contribution in [2.75, 3.05) is 26.2 Å². The number of carbonyl (C=O) groups is 2. The van der Waals surface area contributed by atoms with E-state index in [4.69, 9.17) is 9.47 Å². The van der Waals surface area contributed by atoms with Gasteiger partial charge in [-0.15, -0.1) is 11.3 Å². The summed E-state index contributed by atoms with van der Waals surface area (Å²) in [5.74, 6) is -0.805. The minimum atomic E-state index is -1.12. The summed E-state index contributed by atoms with van der Waals surface area (Å²) in [5.41, 5.74) is 1.84. The van der Waals surface area contributed by atoms with Crippen LogP contribution in [-0.4, -0.2) is 38.1 Å². The molecule has 2 aromatic carbocycles. The van der Waals surface area contributed by atoms with Gasteiger partial charge in [0, 0.05) is 27.3 Å². The number of carboxylic acids is 2. The first-order valence-corrected chi connectivity index (χ1v) is 12.8. The maximum Gasteiger partial charge on any atom is 0.128 e. The average molecular weight is 511 g/mol. The summed E-state index contributed by atoms with van der Waals surface area (Å²) in [7, 11) is 0. The van der Waals surface area contributed by atoms with Crippen molar-refractivity contribution in [3.05, 3.63) is 81.5 Å². The van der Waals surface area contributed by atoms with Gasteiger partial charge in [0.25, 0.3) is 0 Å². The van der Waals surface area contributed by atoms with Gasteiger partial charge in [-0.3, -0.25) is 0 Å². The Balaban J connectivity index is 1.61. The van der Waals surface area contributed by atoms with Crippen LogP contribution in [0, 0.1) is 0 Å². The number of ether oxygens (including phenoxy) is 2. The highest BCUT2D eigenvalue weighted by Crippen LogP contribution is 2.24. The van der Waals surface area contributed by atoms with Gasteiger partial charge in [0.15, 0.2) is 0 Å². The number of aliphatic carboxylic acids is 2. The molecule has 2 N–H and O–H groups in total. The van der Waals surface area contributed by atoms with Crippen molar-refractivity contribution in [3.8, 4) is 11.5 Å². The van der Waals surface area contributed by atoms with E-state index in [0.29, 0.717) is 45.8 Å². The lowest BCUT2D eigenvalue weighted by molar-refractivity contribution is -0.927. The predicted molar refractivity (Wildman–Crippen MR) is 129 cm³/mol. The SMILES string of the molecule is O=C([O-])C[NH+]1CCC[NH+](CC(=O)[O-])Cc2ccccc2OCc2ccc(s2)COc2ccccc2C1. The van der Waals surface area contributed by atoms with E-state index in [0.717, 1.165) is 42.2 Å². The highest BCUT2D eigenvalue weighted by molar-refractivity contribution is 7.11. The maximum atomic E-state index is 11.5. The summed E-state index contributed by atoms with van der Waals surface area (Å²) in [5, 5.41) is 22.9. The van der Waals surface area contributed by atoms with Gasteiger partial charge in [-0.1, -0.05) is 24.3 Å². The molecule has 0 saturated heterocycles. The van der Waals surface area contributed by atoms with Gasteiger partial charge in [0.05, 0.1) is 25.0 Å². The quantitative estimate of drug-likeness (QED) is 0.446. The number of para-hydroxylation sites is 2. The second-order valence-electron chi connectivity index (χ2n) is 8.97. The number of benzene rings is 2. The van der Waals surface area contributed by atoms with Gasteiger partial charge < -0.3 is 39.1 Å². The van der Waals surface area contributed by atoms with Crippen molar-refractivity contribution in [1.82, 2.24) is 0 Å². The molecule has 2 atom stereocenters. The molecule has 2 heterocycles. The van der Waals surface area contributed by atoms with Crippen LogP contribution in [0.1, 0.15) is 27.3 Å². The molecule has 0 fully saturated rings. The predicted octanol–water partition coefficient (Wildman–Crippen LogP) is -1.42. The molecule has 0 amide bonds. The normalized spacial score (nSPS) is 18.9. The average Bonchev–Trinajstić information content (AvgIpc) is 3.29. The second kappa shape index (κ2) is 12.5. The van der Waals surface area contributed by atoms with E-state index in [2.05, 4.69) is 0 Å². The van der Waals surface area contributed by atoms with Gasteiger partial charge in [-0.25, -0.2) is 0 Å². The minimum absolute atomic E-state index is 0.144. The molecular weight excluding hydrogens is 480 g/mol. The van der Waals surface area contributed by atoms with Gasteiger partial charge in [0.2, 0.25) is 0 Å². The third-order valence-electron chi connectivity index (χ3n) is 6.13. The molecule has 0 saturated carbocycles. The van der Waals surface area contributed by atoms with Gasteiger partial charge in [-0.05, 0) is 36.4 Å². The minimum Gasteiger partial charge on any atom is -0.544 e. The third kappa shape index (κ3) is 7.55. The Morgan fingerprint density at radius 3 is 1.61 bits per heavy atom. The molecule has 0 spiro atoms. The standard InChI is InChI=1S/C27H30N2O6S/c30-26(31)16-28-12-5-13-29(17-27(32)33)15-21-7-2-4-9-25(21)35-19-23-11-10-22(36-23)18-34-24-8-3-1-6-20(24)14-28/h1-4,6-11H,5,12-19H2,(H,30,31)(H,32,33). The fourth-order valence-corrected chi connectivity index (χ4v) is 5.32. The number of nitrogens with one attached hydrogen (secondary N) is 2. The van der Waals surface area contributed by atoms with Gasteiger partial charge >= 0.3 is 0 Å². The molecule has 3 aromatic rings. The zero-order valence-corrected chi connectivity index (χ0v) is 20.8. The molecular formula is C27H30N2O6S. The van der Waals surface area contributed by atoms with Crippen LogP contribution in [0.5, 0.6) is 11.5 Å². The molecule has 4 rings (SSSR count). The number of quaternary nitrogens is 2. The number of thiophene rings is 1. The van der Waals surface area contributed by atoms with Crippen LogP contribution < -0.4 is 29.5 Å². The van der Waals surface area contributed by atoms with Crippen molar-refractivity contribution in [2.24, 2.45) is 0 Å². The fraction of sp³-hybridized carbons (Fsp3) is 0.333. The highest BCUT2D eigenvalue weighted by Gasteiger charge is 2.18. The van der Waals surface area contributed by atoms with E-state index in [1.54, 1.807) is 11.3 Å². The number of hydrogen-bond acceptors (Lipinski definition) is 7. The summed E-state index contributed by atoms with van der Waals surface area (Å²) < 4.78 is 12.2. The lowest BCUT2D eigenvalue weighted by Gasteiger charge is -2.24. The largest absolute Gasteiger partial charge is 0.544 e. The highest BCUT2D eigenvalue weighted by atomic mass is 32.1. The zero-order valence-electron chi connectivity index (χ0n) is 20.0. The van der Waals surface area contributed by atoms with Crippen LogP contribution in [0.2, 0.25) is 0 Å². The zero-order chi connectivity index (χ0) is 25.3. The van der Waals surface area contributed by atoms with E-state index in [9.17, 15) is 19.8 Å². The van der Waals surface area contributed by atoms with Gasteiger partial charge in [0.1, 0.15) is 50.9 Å². The number of carboxylic acid groups (broad SMARTS) is 2. The van der Waals surface area contributed by atoms with Crippen molar-refractivity contribution in [2.45, 2.75) is 32.7 Å². The monoisotopic (exact) mass is 510 g/mol. The number of fused-ring (bicyclic) bond motifs is 4. The summed E-state index contributed by atoms with van der Waals surface area (Å²) in [6.07, 6.45) is 0.633. The van der Waals surface area contributed by atoms with Crippen molar-refractivity contribution in [3.63, 3.8) is 0 Å². The molecule has 190 valence electrons. The molecule has 9 heteroatoms. The van der Waals surface area contributed by atoms with E-state index < -0.39 is 11.9 Å². The number of hydrogen-bond donors (Lipinski definition) is 2. The second-order valence-corrected chi connectivity index (χ2v) is 10.2. The third-order valence-corrected chi connectivity index (χ3v) is 7.16. The van der Waals surface area contributed by atoms with Crippen LogP contribution in [-0.2, 0) is 35.9 Å². The summed E-state index contributed by atoms with van der Waals surface area (Å²) in [6, 6.07) is 19.3. The molecule has 0 radical (unpaired) electrons. The molecule has 1 aromatic heterocycles. The van der Waals surface area contributed by atoms with Crippen LogP contribution in [0.3, 0.4) is 0 Å². The smallest absolute Gasteiger partial charge is 0.128 e. The van der Waals surface area contributed by atoms with E-state index in [-0.39, 0.29) is 13.1 Å². The summed E-state index contributed by atoms with van der Waals surface area (Å²) >= 11 is 1.61. The van der Waals surface area contributed by atoms with Crippen molar-refractivity contribution < 1.29 is 39.1 Å². The first-order valence-electron chi connectivity index (χ1n) is 12.0. The molecule has 36 heavy (non-hydrogen) atoms. The maximum absolute atomic E-state index is 11.5. The molecule has 2 unspecified atom stereocenters. The molecule has 8 nitrogen and oxygen atoms in total. The Morgan fingerprint density at radius 2 is 1.17 bits per heavy atom.